The van der Waals surface area contributed by atoms with Gasteiger partial charge >= 0.3 is 0 Å². The Bertz CT molecular complexity index is 753. The van der Waals surface area contributed by atoms with Gasteiger partial charge in [0.15, 0.2) is 0 Å². The Hall–Kier alpha value is -2.14. The highest BCUT2D eigenvalue weighted by atomic mass is 79.9. The van der Waals surface area contributed by atoms with E-state index >= 15 is 0 Å². The van der Waals surface area contributed by atoms with Crippen molar-refractivity contribution in [1.29, 1.82) is 0 Å². The van der Waals surface area contributed by atoms with Crippen molar-refractivity contribution in [2.75, 3.05) is 5.73 Å². The molecule has 0 bridgehead atoms. The highest BCUT2D eigenvalue weighted by Crippen LogP contribution is 2.36. The van der Waals surface area contributed by atoms with Gasteiger partial charge < -0.3 is 10.3 Å². The summed E-state index contributed by atoms with van der Waals surface area (Å²) in [7, 11) is 0. The number of rotatable bonds is 2. The Morgan fingerprint density at radius 3 is 2.50 bits per heavy atom. The normalized spacial score (nSPS) is 10.7. The fourth-order valence-electron chi connectivity index (χ4n) is 2.03. The SMILES string of the molecule is Nc1onc(-c2cccc(F)c2)c1-c1ccc(Br)cc1. The Labute approximate surface area is 123 Å². The summed E-state index contributed by atoms with van der Waals surface area (Å²) in [6.07, 6.45) is 0. The van der Waals surface area contributed by atoms with E-state index in [2.05, 4.69) is 21.1 Å². The number of benzene rings is 2. The quantitative estimate of drug-likeness (QED) is 0.752. The van der Waals surface area contributed by atoms with E-state index in [4.69, 9.17) is 10.3 Å². The van der Waals surface area contributed by atoms with Gasteiger partial charge in [0.2, 0.25) is 5.88 Å². The van der Waals surface area contributed by atoms with Gasteiger partial charge in [-0.1, -0.05) is 45.4 Å². The van der Waals surface area contributed by atoms with Crippen LogP contribution >= 0.6 is 15.9 Å². The van der Waals surface area contributed by atoms with E-state index in [0.29, 0.717) is 16.8 Å². The van der Waals surface area contributed by atoms with Crippen LogP contribution in [-0.4, -0.2) is 5.16 Å². The lowest BCUT2D eigenvalue weighted by atomic mass is 10.0. The van der Waals surface area contributed by atoms with Gasteiger partial charge in [0.1, 0.15) is 11.5 Å². The number of nitrogens with two attached hydrogens (primary N) is 1. The second kappa shape index (κ2) is 5.09. The lowest BCUT2D eigenvalue weighted by Gasteiger charge is -2.03. The maximum atomic E-state index is 13.4. The van der Waals surface area contributed by atoms with Crippen molar-refractivity contribution in [3.05, 3.63) is 58.8 Å². The van der Waals surface area contributed by atoms with Gasteiger partial charge in [0, 0.05) is 10.0 Å². The predicted molar refractivity (Wildman–Crippen MR) is 79.4 cm³/mol. The van der Waals surface area contributed by atoms with Crippen LogP contribution in [0, 0.1) is 5.82 Å². The summed E-state index contributed by atoms with van der Waals surface area (Å²) in [5, 5.41) is 3.95. The number of nitrogen functional groups attached to an aromatic ring is 1. The van der Waals surface area contributed by atoms with Crippen LogP contribution in [0.1, 0.15) is 0 Å². The minimum atomic E-state index is -0.328. The fraction of sp³-hybridized carbons (Fsp3) is 0. The summed E-state index contributed by atoms with van der Waals surface area (Å²) < 4.78 is 19.4. The Balaban J connectivity index is 2.17. The van der Waals surface area contributed by atoms with Gasteiger partial charge in [0.25, 0.3) is 0 Å². The van der Waals surface area contributed by atoms with E-state index in [1.807, 2.05) is 24.3 Å². The highest BCUT2D eigenvalue weighted by Gasteiger charge is 2.17. The minimum Gasteiger partial charge on any atom is -0.367 e. The molecule has 100 valence electrons. The molecule has 2 N–H and O–H groups in total. The molecule has 0 saturated carbocycles. The number of nitrogens with zero attached hydrogens (tertiary/aromatic N) is 1. The summed E-state index contributed by atoms with van der Waals surface area (Å²) >= 11 is 3.38. The van der Waals surface area contributed by atoms with Crippen molar-refractivity contribution >= 4 is 21.8 Å². The molecule has 3 nitrogen and oxygen atoms in total. The average molecular weight is 333 g/mol. The van der Waals surface area contributed by atoms with E-state index in [1.54, 1.807) is 12.1 Å². The first kappa shape index (κ1) is 12.9. The second-order valence-corrected chi connectivity index (χ2v) is 5.20. The lowest BCUT2D eigenvalue weighted by Crippen LogP contribution is -1.88. The van der Waals surface area contributed by atoms with Crippen LogP contribution in [0.15, 0.2) is 57.5 Å². The van der Waals surface area contributed by atoms with Crippen LogP contribution in [0.2, 0.25) is 0 Å². The van der Waals surface area contributed by atoms with Crippen molar-refractivity contribution in [3.63, 3.8) is 0 Å². The lowest BCUT2D eigenvalue weighted by molar-refractivity contribution is 0.439. The van der Waals surface area contributed by atoms with Crippen LogP contribution in [0.5, 0.6) is 0 Å². The third kappa shape index (κ3) is 2.32. The molecule has 1 aromatic heterocycles. The smallest absolute Gasteiger partial charge is 0.230 e. The van der Waals surface area contributed by atoms with Crippen molar-refractivity contribution < 1.29 is 8.91 Å². The van der Waals surface area contributed by atoms with E-state index in [-0.39, 0.29) is 11.7 Å². The molecule has 5 heteroatoms. The maximum absolute atomic E-state index is 13.4. The molecule has 0 aliphatic heterocycles. The van der Waals surface area contributed by atoms with Crippen molar-refractivity contribution in [2.45, 2.75) is 0 Å². The third-order valence-corrected chi connectivity index (χ3v) is 3.48. The van der Waals surface area contributed by atoms with Crippen LogP contribution < -0.4 is 5.73 Å². The van der Waals surface area contributed by atoms with Gasteiger partial charge in [-0.15, -0.1) is 0 Å². The first-order valence-corrected chi connectivity index (χ1v) is 6.71. The number of hydrogen-bond acceptors (Lipinski definition) is 3. The summed E-state index contributed by atoms with van der Waals surface area (Å²) in [5.41, 5.74) is 8.55. The minimum absolute atomic E-state index is 0.214. The molecular formula is C15H10BrFN2O. The molecule has 0 aliphatic carbocycles. The number of halogens is 2. The Kier molecular flexibility index (Phi) is 3.28. The zero-order chi connectivity index (χ0) is 14.1. The average Bonchev–Trinajstić information content (AvgIpc) is 2.82. The first-order valence-electron chi connectivity index (χ1n) is 5.92. The summed E-state index contributed by atoms with van der Waals surface area (Å²) in [5.74, 6) is -0.114. The molecule has 2 aromatic carbocycles. The molecule has 0 unspecified atom stereocenters. The molecule has 0 fully saturated rings. The summed E-state index contributed by atoms with van der Waals surface area (Å²) in [4.78, 5) is 0. The van der Waals surface area contributed by atoms with Crippen LogP contribution in [0.4, 0.5) is 10.3 Å². The zero-order valence-electron chi connectivity index (χ0n) is 10.3. The molecule has 20 heavy (non-hydrogen) atoms. The molecule has 0 spiro atoms. The zero-order valence-corrected chi connectivity index (χ0v) is 11.9. The van der Waals surface area contributed by atoms with E-state index in [9.17, 15) is 4.39 Å². The van der Waals surface area contributed by atoms with Crippen LogP contribution in [-0.2, 0) is 0 Å². The van der Waals surface area contributed by atoms with E-state index in [1.165, 1.54) is 12.1 Å². The first-order chi connectivity index (χ1) is 9.65. The van der Waals surface area contributed by atoms with Crippen molar-refractivity contribution in [2.24, 2.45) is 0 Å². The summed E-state index contributed by atoms with van der Waals surface area (Å²) in [6, 6.07) is 13.8. The standard InChI is InChI=1S/C15H10BrFN2O/c16-11-6-4-9(5-7-11)13-14(19-20-15(13)18)10-2-1-3-12(17)8-10/h1-8H,18H2. The molecule has 0 radical (unpaired) electrons. The number of hydrogen-bond donors (Lipinski definition) is 1. The number of aromatic nitrogens is 1. The van der Waals surface area contributed by atoms with Gasteiger partial charge in [0.05, 0.1) is 5.56 Å². The Morgan fingerprint density at radius 2 is 1.80 bits per heavy atom. The van der Waals surface area contributed by atoms with Crippen LogP contribution in [0.3, 0.4) is 0 Å². The van der Waals surface area contributed by atoms with Crippen molar-refractivity contribution in [1.82, 2.24) is 5.16 Å². The van der Waals surface area contributed by atoms with E-state index < -0.39 is 0 Å². The molecule has 0 aliphatic rings. The van der Waals surface area contributed by atoms with Crippen molar-refractivity contribution in [3.8, 4) is 22.4 Å². The summed E-state index contributed by atoms with van der Waals surface area (Å²) in [6.45, 7) is 0. The highest BCUT2D eigenvalue weighted by molar-refractivity contribution is 9.10. The number of anilines is 1. The molecule has 0 atom stereocenters. The molecule has 0 saturated heterocycles. The largest absolute Gasteiger partial charge is 0.367 e. The fourth-order valence-corrected chi connectivity index (χ4v) is 2.30. The van der Waals surface area contributed by atoms with E-state index in [0.717, 1.165) is 10.0 Å². The monoisotopic (exact) mass is 332 g/mol. The van der Waals surface area contributed by atoms with Gasteiger partial charge in [-0.25, -0.2) is 4.39 Å². The van der Waals surface area contributed by atoms with Gasteiger partial charge in [-0.05, 0) is 29.8 Å². The molecule has 0 amide bonds. The molecular weight excluding hydrogens is 323 g/mol. The third-order valence-electron chi connectivity index (χ3n) is 2.95. The van der Waals surface area contributed by atoms with Gasteiger partial charge in [-0.2, -0.15) is 0 Å². The molecule has 1 heterocycles. The molecule has 3 aromatic rings. The molecule has 3 rings (SSSR count). The second-order valence-electron chi connectivity index (χ2n) is 4.29. The predicted octanol–water partition coefficient (Wildman–Crippen LogP) is 4.49. The topological polar surface area (TPSA) is 52.0 Å². The Morgan fingerprint density at radius 1 is 1.05 bits per heavy atom. The van der Waals surface area contributed by atoms with Gasteiger partial charge in [-0.3, -0.25) is 0 Å². The maximum Gasteiger partial charge on any atom is 0.230 e. The van der Waals surface area contributed by atoms with Crippen LogP contribution in [0.25, 0.3) is 22.4 Å².